The summed E-state index contributed by atoms with van der Waals surface area (Å²) < 4.78 is 0. The second kappa shape index (κ2) is 4.03. The minimum Gasteiger partial charge on any atom is -0.0616 e. The molecule has 0 saturated heterocycles. The number of rotatable bonds is 0. The molecule has 0 spiro atoms. The van der Waals surface area contributed by atoms with Crippen LogP contribution < -0.4 is 0 Å². The van der Waals surface area contributed by atoms with Gasteiger partial charge >= 0.3 is 0 Å². The summed E-state index contributed by atoms with van der Waals surface area (Å²) in [4.78, 5) is 0. The van der Waals surface area contributed by atoms with Crippen LogP contribution in [0.1, 0.15) is 0 Å². The van der Waals surface area contributed by atoms with E-state index in [1.54, 1.807) is 0 Å². The van der Waals surface area contributed by atoms with Crippen LogP contribution in [0.2, 0.25) is 0 Å². The predicted octanol–water partition coefficient (Wildman–Crippen LogP) is 5.38. The zero-order valence-corrected chi connectivity index (χ0v) is 10.5. The van der Waals surface area contributed by atoms with Crippen molar-refractivity contribution < 1.29 is 0 Å². The molecule has 0 aliphatic heterocycles. The topological polar surface area (TPSA) is 0 Å². The molecular formula is C19H13+. The third-order valence-corrected chi connectivity index (χ3v) is 3.72. The van der Waals surface area contributed by atoms with E-state index < -0.39 is 0 Å². The summed E-state index contributed by atoms with van der Waals surface area (Å²) >= 11 is 0. The molecule has 4 rings (SSSR count). The number of benzene rings is 1. The van der Waals surface area contributed by atoms with Gasteiger partial charge in [0.25, 0.3) is 0 Å². The summed E-state index contributed by atoms with van der Waals surface area (Å²) in [6, 6.07) is 28.2. The third kappa shape index (κ3) is 1.65. The van der Waals surface area contributed by atoms with Gasteiger partial charge in [-0.1, -0.05) is 30.3 Å². The van der Waals surface area contributed by atoms with Gasteiger partial charge in [-0.2, -0.15) is 0 Å². The van der Waals surface area contributed by atoms with E-state index in [2.05, 4.69) is 78.9 Å². The smallest absolute Gasteiger partial charge is 0.0616 e. The van der Waals surface area contributed by atoms with Crippen LogP contribution in [0, 0.1) is 0 Å². The summed E-state index contributed by atoms with van der Waals surface area (Å²) in [5.41, 5.74) is 2.63. The molecular weight excluding hydrogens is 228 g/mol. The maximum Gasteiger partial charge on any atom is 0.111 e. The molecule has 2 aromatic rings. The molecule has 2 aromatic carbocycles. The molecule has 2 aliphatic carbocycles. The van der Waals surface area contributed by atoms with Gasteiger partial charge < -0.3 is 0 Å². The van der Waals surface area contributed by atoms with Crippen molar-refractivity contribution in [2.24, 2.45) is 0 Å². The van der Waals surface area contributed by atoms with Gasteiger partial charge in [-0.15, -0.1) is 0 Å². The molecule has 0 bridgehead atoms. The summed E-state index contributed by atoms with van der Waals surface area (Å²) in [6.07, 6.45) is 0. The van der Waals surface area contributed by atoms with Crippen LogP contribution in [0.5, 0.6) is 0 Å². The maximum atomic E-state index is 2.30. The fourth-order valence-corrected chi connectivity index (χ4v) is 2.76. The third-order valence-electron chi connectivity index (χ3n) is 3.72. The van der Waals surface area contributed by atoms with Crippen molar-refractivity contribution in [3.8, 4) is 11.1 Å². The minimum absolute atomic E-state index is 1.28. The van der Waals surface area contributed by atoms with Crippen LogP contribution in [0.25, 0.3) is 32.7 Å². The first-order valence-corrected chi connectivity index (χ1v) is 6.55. The number of hydrogen-bond donors (Lipinski definition) is 0. The molecule has 0 saturated carbocycles. The standard InChI is InChI=1S/C19H13/c1-2-8-16-12-17-11-10-14-6-4-5-7-15(14)13-19(17)18(16)9-3-1/h1-13H/q+1. The Morgan fingerprint density at radius 1 is 0.632 bits per heavy atom. The van der Waals surface area contributed by atoms with Crippen LogP contribution >= 0.6 is 0 Å². The Morgan fingerprint density at radius 2 is 1.42 bits per heavy atom. The van der Waals surface area contributed by atoms with Crippen LogP contribution in [-0.2, 0) is 0 Å². The van der Waals surface area contributed by atoms with Crippen LogP contribution in [-0.4, -0.2) is 0 Å². The average Bonchev–Trinajstić information content (AvgIpc) is 2.63. The van der Waals surface area contributed by atoms with Gasteiger partial charge in [-0.05, 0) is 35.0 Å². The summed E-state index contributed by atoms with van der Waals surface area (Å²) in [5.74, 6) is 0. The van der Waals surface area contributed by atoms with E-state index in [4.69, 9.17) is 0 Å². The predicted molar refractivity (Wildman–Crippen MR) is 82.5 cm³/mol. The van der Waals surface area contributed by atoms with Crippen LogP contribution in [0.3, 0.4) is 0 Å². The molecule has 0 radical (unpaired) electrons. The lowest BCUT2D eigenvalue weighted by molar-refractivity contribution is 1.82. The van der Waals surface area contributed by atoms with Gasteiger partial charge in [0.2, 0.25) is 0 Å². The van der Waals surface area contributed by atoms with Gasteiger partial charge in [0.15, 0.2) is 0 Å². The normalized spacial score (nSPS) is 11.2. The molecule has 0 atom stereocenters. The van der Waals surface area contributed by atoms with E-state index in [0.717, 1.165) is 0 Å². The fourth-order valence-electron chi connectivity index (χ4n) is 2.76. The monoisotopic (exact) mass is 241 g/mol. The van der Waals surface area contributed by atoms with Crippen molar-refractivity contribution in [2.45, 2.75) is 0 Å². The lowest BCUT2D eigenvalue weighted by Gasteiger charge is -1.89. The Balaban J connectivity index is 2.22. The first-order chi connectivity index (χ1) is 9.42. The molecule has 0 fully saturated rings. The van der Waals surface area contributed by atoms with E-state index in [1.807, 2.05) is 0 Å². The molecule has 0 unspecified atom stereocenters. The molecule has 0 heteroatoms. The van der Waals surface area contributed by atoms with Gasteiger partial charge in [-0.3, -0.25) is 0 Å². The van der Waals surface area contributed by atoms with Gasteiger partial charge in [-0.25, -0.2) is 0 Å². The molecule has 0 amide bonds. The van der Waals surface area contributed by atoms with Crippen molar-refractivity contribution >= 4 is 21.5 Å². The first kappa shape index (κ1) is 10.5. The van der Waals surface area contributed by atoms with Crippen molar-refractivity contribution in [2.75, 3.05) is 0 Å². The summed E-state index contributed by atoms with van der Waals surface area (Å²) in [7, 11) is 0. The molecule has 0 aromatic heterocycles. The lowest BCUT2D eigenvalue weighted by atomic mass is 10.1. The fraction of sp³-hybridized carbons (Fsp3) is 0. The van der Waals surface area contributed by atoms with Gasteiger partial charge in [0.1, 0.15) is 5.39 Å². The first-order valence-electron chi connectivity index (χ1n) is 6.55. The summed E-state index contributed by atoms with van der Waals surface area (Å²) in [5, 5.41) is 5.19. The van der Waals surface area contributed by atoms with Crippen molar-refractivity contribution in [1.29, 1.82) is 0 Å². The average molecular weight is 241 g/mol. The quantitative estimate of drug-likeness (QED) is 0.363. The van der Waals surface area contributed by atoms with Crippen molar-refractivity contribution in [3.05, 3.63) is 78.9 Å². The Hall–Kier alpha value is -2.47. The molecule has 0 N–H and O–H groups in total. The van der Waals surface area contributed by atoms with E-state index in [1.165, 1.54) is 32.7 Å². The Labute approximate surface area is 112 Å². The summed E-state index contributed by atoms with van der Waals surface area (Å²) in [6.45, 7) is 0. The molecule has 19 heavy (non-hydrogen) atoms. The highest BCUT2D eigenvalue weighted by molar-refractivity contribution is 6.04. The second-order valence-corrected chi connectivity index (χ2v) is 4.90. The van der Waals surface area contributed by atoms with Gasteiger partial charge in [0.05, 0.1) is 10.9 Å². The Bertz CT molecular complexity index is 865. The minimum atomic E-state index is 1.28. The maximum absolute atomic E-state index is 2.30. The SMILES string of the molecule is c1ccc2cc3ccc4ccccc4cc-3c2[cH+]c1. The number of hydrogen-bond acceptors (Lipinski definition) is 0. The molecule has 0 heterocycles. The van der Waals surface area contributed by atoms with Crippen LogP contribution in [0.4, 0.5) is 0 Å². The second-order valence-electron chi connectivity index (χ2n) is 4.90. The highest BCUT2D eigenvalue weighted by Gasteiger charge is 2.14. The number of fused-ring (bicyclic) bond motifs is 4. The molecule has 0 nitrogen and oxygen atoms in total. The zero-order chi connectivity index (χ0) is 12.7. The highest BCUT2D eigenvalue weighted by Crippen LogP contribution is 2.34. The highest BCUT2D eigenvalue weighted by atomic mass is 14.1. The zero-order valence-electron chi connectivity index (χ0n) is 10.5. The lowest BCUT2D eigenvalue weighted by Crippen LogP contribution is -1.66. The van der Waals surface area contributed by atoms with Crippen molar-refractivity contribution in [3.63, 3.8) is 0 Å². The van der Waals surface area contributed by atoms with E-state index in [-0.39, 0.29) is 0 Å². The Morgan fingerprint density at radius 3 is 2.37 bits per heavy atom. The van der Waals surface area contributed by atoms with E-state index in [9.17, 15) is 0 Å². The van der Waals surface area contributed by atoms with Gasteiger partial charge in [0, 0.05) is 29.8 Å². The largest absolute Gasteiger partial charge is 0.111 e. The molecule has 88 valence electrons. The van der Waals surface area contributed by atoms with E-state index in [0.29, 0.717) is 0 Å². The Kier molecular flexibility index (Phi) is 2.22. The van der Waals surface area contributed by atoms with E-state index >= 15 is 0 Å². The van der Waals surface area contributed by atoms with Crippen LogP contribution in [0.15, 0.2) is 78.9 Å². The van der Waals surface area contributed by atoms with Crippen molar-refractivity contribution in [1.82, 2.24) is 0 Å². The molecule has 2 aliphatic rings.